The molecule has 1 saturated heterocycles. The number of likely N-dealkylation sites (tertiary alicyclic amines) is 1. The van der Waals surface area contributed by atoms with Crippen molar-refractivity contribution in [1.82, 2.24) is 119 Å². The van der Waals surface area contributed by atoms with Gasteiger partial charge in [-0.15, -0.1) is 0 Å². The number of benzene rings is 2. The number of thiol groups is 1. The van der Waals surface area contributed by atoms with E-state index in [4.69, 9.17) is 22.9 Å². The monoisotopic (exact) mass is 1880 g/mol. The molecule has 5 heterocycles. The molecule has 4 aromatic heterocycles. The van der Waals surface area contributed by atoms with Crippen molar-refractivity contribution in [3.8, 4) is 11.5 Å². The molecule has 49 nitrogen and oxygen atoms in total. The second-order valence-corrected chi connectivity index (χ2v) is 32.4. The zero-order chi connectivity index (χ0) is 97.5. The molecular formula is C83H117N27O22S. The van der Waals surface area contributed by atoms with Crippen LogP contribution in [0.15, 0.2) is 98.6 Å². The number of phenolic OH excluding ortho intramolecular Hbond substituents is 2. The number of carboxylic acids is 1. The van der Waals surface area contributed by atoms with Gasteiger partial charge in [0, 0.05) is 82.0 Å². The van der Waals surface area contributed by atoms with Crippen LogP contribution < -0.4 is 97.4 Å². The summed E-state index contributed by atoms with van der Waals surface area (Å²) in [6, 6.07) is -11.0. The first-order valence-electron chi connectivity index (χ1n) is 42.8. The van der Waals surface area contributed by atoms with E-state index in [1.807, 2.05) is 0 Å². The zero-order valence-corrected chi connectivity index (χ0v) is 74.3. The number of H-pyrrole nitrogens is 4. The molecule has 30 N–H and O–H groups in total. The Bertz CT molecular complexity index is 4910. The number of phenols is 2. The minimum Gasteiger partial charge on any atom is -0.508 e. The topological polar surface area (TPSA) is 779 Å². The number of aromatic nitrogens is 8. The smallest absolute Gasteiger partial charge is 0.326 e. The van der Waals surface area contributed by atoms with Crippen molar-refractivity contribution in [3.05, 3.63) is 133 Å². The first kappa shape index (κ1) is 106. The fourth-order valence-electron chi connectivity index (χ4n) is 13.9. The lowest BCUT2D eigenvalue weighted by atomic mass is 9.97. The number of nitrogens with one attached hydrogen (secondary N) is 18. The van der Waals surface area contributed by atoms with Crippen LogP contribution >= 0.6 is 12.6 Å². The Balaban J connectivity index is 1.11. The number of rotatable bonds is 56. The number of nitrogens with zero attached hydrogens (tertiary/aromatic N) is 5. The van der Waals surface area contributed by atoms with Gasteiger partial charge in [0.15, 0.2) is 0 Å². The van der Waals surface area contributed by atoms with Crippen molar-refractivity contribution in [1.29, 1.82) is 0 Å². The van der Waals surface area contributed by atoms with Crippen LogP contribution in [0, 0.1) is 11.8 Å². The molecule has 133 heavy (non-hydrogen) atoms. The summed E-state index contributed by atoms with van der Waals surface area (Å²) in [5.74, 6) is -20.0. The molecule has 722 valence electrons. The normalized spacial score (nSPS) is 15.5. The molecule has 2 aromatic carbocycles. The highest BCUT2D eigenvalue weighted by molar-refractivity contribution is 7.80. The summed E-state index contributed by atoms with van der Waals surface area (Å²) in [4.78, 5) is 279. The summed E-state index contributed by atoms with van der Waals surface area (Å²) in [5.41, 5.74) is 23.5. The summed E-state index contributed by atoms with van der Waals surface area (Å²) in [6.45, 7) is 4.31. The van der Waals surface area contributed by atoms with E-state index in [1.165, 1.54) is 112 Å². The van der Waals surface area contributed by atoms with Crippen molar-refractivity contribution < 1.29 is 107 Å². The first-order valence-corrected chi connectivity index (χ1v) is 43.4. The van der Waals surface area contributed by atoms with E-state index in [9.17, 15) is 82.8 Å². The fraction of sp³-hybridized carbons (Fsp3) is 0.494. The molecule has 0 spiro atoms. The number of nitrogens with two attached hydrogens (primary N) is 4. The van der Waals surface area contributed by atoms with E-state index in [-0.39, 0.29) is 97.9 Å². The second-order valence-electron chi connectivity index (χ2n) is 32.0. The molecule has 1 fully saturated rings. The van der Waals surface area contributed by atoms with Crippen molar-refractivity contribution in [3.63, 3.8) is 0 Å². The Kier molecular flexibility index (Phi) is 42.1. The molecule has 0 radical (unpaired) electrons. The standard InChI is InChI=1S/C83H117N27O22S/c1-5-43(4)69(80(128)93-35-67(117)99-62(37-133)71(119)92-34-66(116)98-53(83(131)132)9-6-7-21-84)109-78(126)59(28-49-33-91-41-97-49)105-73(121)55(24-45-13-17-51(113)18-14-45)101-74(122)56(25-46-30-88-38-94-46)102-72(120)54(23-44-11-15-50(112)16-12-44)100-75(123)57(26-47-31-89-39-95-47)103-76(124)58(27-48-32-90-40-96-48)104-77(125)60(29-65(87)115)106-81(129)68(42(2)3)108-79(127)63-10-8-22-110(63)82(130)61(36-111)107-70(118)52(85)19-20-64(86)114/h11-18,30-33,38-43,52-63,68-69,111-113,133H,5-10,19-29,34-37,84-85H2,1-4H3,(H2,86,114)(H2,87,115)(H,88,94)(H,89,95)(H,90,96)(H,91,97)(H,92,119)(H,93,128)(H,98,116)(H,99,117)(H,100,123)(H,101,122)(H,102,120)(H,103,124)(H,104,125)(H,105,121)(H,106,129)(H,107,118)(H,108,127)(H,109,126)(H,131,132)/t43-,52-,53-,54-,55-,56-,57-,58-,59-,60-,61-,62-,63-,68-,69-/m0/s1. The third-order valence-corrected chi connectivity index (χ3v) is 21.8. The molecule has 0 saturated carbocycles. The van der Waals surface area contributed by atoms with Gasteiger partial charge in [0.2, 0.25) is 100 Å². The highest BCUT2D eigenvalue weighted by atomic mass is 32.1. The van der Waals surface area contributed by atoms with Gasteiger partial charge in [-0.25, -0.2) is 24.7 Å². The third-order valence-electron chi connectivity index (χ3n) is 21.4. The van der Waals surface area contributed by atoms with Gasteiger partial charge in [0.05, 0.1) is 80.2 Å². The number of carbonyl (C=O) groups is 18. The molecule has 1 aliphatic rings. The number of hydrogen-bond donors (Lipinski definition) is 27. The molecule has 1 aliphatic heterocycles. The largest absolute Gasteiger partial charge is 0.508 e. The number of carboxylic acid groups (broad SMARTS) is 1. The minimum absolute atomic E-state index is 0.0242. The Morgan fingerprint density at radius 2 is 0.865 bits per heavy atom. The van der Waals surface area contributed by atoms with Crippen LogP contribution in [0.4, 0.5) is 0 Å². The summed E-state index contributed by atoms with van der Waals surface area (Å²) < 4.78 is 0. The lowest BCUT2D eigenvalue weighted by Crippen LogP contribution is -2.62. The van der Waals surface area contributed by atoms with Gasteiger partial charge in [0.1, 0.15) is 90.0 Å². The number of aliphatic hydroxyl groups is 1. The predicted molar refractivity (Wildman–Crippen MR) is 473 cm³/mol. The van der Waals surface area contributed by atoms with Gasteiger partial charge in [-0.2, -0.15) is 12.6 Å². The van der Waals surface area contributed by atoms with Gasteiger partial charge < -0.3 is 143 Å². The Morgan fingerprint density at radius 3 is 1.24 bits per heavy atom. The SMILES string of the molecule is CC[C@H](C)[C@H](NC(=O)[C@H](Cc1c[nH]cn1)NC(=O)[C@H](Cc1ccc(O)cc1)NC(=O)[C@H](Cc1c[nH]cn1)NC(=O)[C@H](Cc1ccc(O)cc1)NC(=O)[C@H](Cc1c[nH]cn1)NC(=O)[C@H](Cc1c[nH]cn1)NC(=O)[C@H](CC(N)=O)NC(=O)[C@@H](NC(=O)[C@@H]1CCCN1C(=O)[C@H](CO)NC(=O)[C@@H](N)CCC(N)=O)C(C)C)C(=O)NCC(=O)N[C@@H](CS)C(=O)NCC(=O)N[C@@H](CCCCN)C(=O)O. The number of aromatic amines is 4. The van der Waals surface area contributed by atoms with E-state index in [2.05, 4.69) is 127 Å². The van der Waals surface area contributed by atoms with E-state index < -0.39 is 255 Å². The summed E-state index contributed by atoms with van der Waals surface area (Å²) in [6.07, 6.45) is 8.41. The van der Waals surface area contributed by atoms with E-state index in [0.29, 0.717) is 30.5 Å². The Hall–Kier alpha value is -14.4. The number of amides is 17. The Labute approximate surface area is 767 Å². The van der Waals surface area contributed by atoms with Crippen molar-refractivity contribution in [2.24, 2.45) is 34.8 Å². The highest BCUT2D eigenvalue weighted by Crippen LogP contribution is 2.22. The number of aromatic hydroxyl groups is 2. The molecule has 7 rings (SSSR count). The maximum absolute atomic E-state index is 15.4. The number of aliphatic hydroxyl groups excluding tert-OH is 1. The second kappa shape index (κ2) is 53.0. The van der Waals surface area contributed by atoms with Crippen LogP contribution in [0.2, 0.25) is 0 Å². The van der Waals surface area contributed by atoms with Crippen LogP contribution in [-0.2, 0) is 125 Å². The van der Waals surface area contributed by atoms with Crippen molar-refractivity contribution >= 4 is 119 Å². The van der Waals surface area contributed by atoms with Gasteiger partial charge in [-0.3, -0.25) is 81.5 Å². The fourth-order valence-corrected chi connectivity index (χ4v) is 14.1. The average Bonchev–Trinajstić information content (AvgIpc) is 1.71. The van der Waals surface area contributed by atoms with Gasteiger partial charge in [-0.05, 0) is 92.3 Å². The third kappa shape index (κ3) is 34.4. The zero-order valence-electron chi connectivity index (χ0n) is 73.5. The molecule has 15 atom stereocenters. The highest BCUT2D eigenvalue weighted by Gasteiger charge is 2.43. The van der Waals surface area contributed by atoms with E-state index in [1.54, 1.807) is 13.8 Å². The van der Waals surface area contributed by atoms with E-state index >= 15 is 24.0 Å². The first-order chi connectivity index (χ1) is 63.4. The van der Waals surface area contributed by atoms with Gasteiger partial charge in [0.25, 0.3) is 0 Å². The molecule has 0 bridgehead atoms. The van der Waals surface area contributed by atoms with Gasteiger partial charge >= 0.3 is 5.97 Å². The lowest BCUT2D eigenvalue weighted by molar-refractivity contribution is -0.143. The van der Waals surface area contributed by atoms with Crippen LogP contribution in [0.5, 0.6) is 11.5 Å². The molecule has 50 heteroatoms. The van der Waals surface area contributed by atoms with Gasteiger partial charge in [-0.1, -0.05) is 58.4 Å². The maximum Gasteiger partial charge on any atom is 0.326 e. The number of aliphatic carboxylic acids is 1. The lowest BCUT2D eigenvalue weighted by Gasteiger charge is -2.31. The number of primary amides is 2. The quantitative estimate of drug-likeness (QED) is 0.0125. The van der Waals surface area contributed by atoms with Crippen molar-refractivity contribution in [2.75, 3.05) is 38.5 Å². The van der Waals surface area contributed by atoms with Crippen LogP contribution in [0.1, 0.15) is 119 Å². The molecule has 17 amide bonds. The predicted octanol–water partition coefficient (Wildman–Crippen LogP) is -7.91. The van der Waals surface area contributed by atoms with Crippen molar-refractivity contribution in [2.45, 2.75) is 209 Å². The maximum atomic E-state index is 15.4. The van der Waals surface area contributed by atoms with E-state index in [0.717, 1.165) is 4.90 Å². The van der Waals surface area contributed by atoms with Crippen LogP contribution in [-0.4, -0.2) is 295 Å². The number of unbranched alkanes of at least 4 members (excludes halogenated alkanes) is 1. The average molecular weight is 1880 g/mol. The molecule has 0 unspecified atom stereocenters. The van der Waals surface area contributed by atoms with Crippen LogP contribution in [0.3, 0.4) is 0 Å². The summed E-state index contributed by atoms with van der Waals surface area (Å²) in [5, 5.41) is 75.8. The molecule has 0 aliphatic carbocycles. The minimum atomic E-state index is -1.89. The number of imidazole rings is 4. The van der Waals surface area contributed by atoms with Crippen LogP contribution in [0.25, 0.3) is 0 Å². The summed E-state index contributed by atoms with van der Waals surface area (Å²) >= 11 is 4.15. The molecule has 6 aromatic rings. The Morgan fingerprint density at radius 1 is 0.466 bits per heavy atom. The summed E-state index contributed by atoms with van der Waals surface area (Å²) in [7, 11) is 0. The number of carbonyl (C=O) groups excluding carboxylic acids is 17. The number of hydrogen-bond acceptors (Lipinski definition) is 28. The molecular weight excluding hydrogens is 1760 g/mol.